The number of carbonyl (C=O) groups is 1. The fraction of sp³-hybridized carbons (Fsp3) is 0.455. The van der Waals surface area contributed by atoms with Gasteiger partial charge in [-0.1, -0.05) is 0 Å². The van der Waals surface area contributed by atoms with Gasteiger partial charge in [0.15, 0.2) is 17.5 Å². The molecule has 0 radical (unpaired) electrons. The number of hydrogen-bond donors (Lipinski definition) is 1. The fourth-order valence-corrected chi connectivity index (χ4v) is 4.13. The first-order valence-electron chi connectivity index (χ1n) is 10.4. The molecule has 0 saturated heterocycles. The van der Waals surface area contributed by atoms with Crippen molar-refractivity contribution in [3.63, 3.8) is 0 Å². The molecule has 1 aliphatic carbocycles. The third kappa shape index (κ3) is 5.04. The zero-order chi connectivity index (χ0) is 22.0. The molecule has 2 heterocycles. The minimum atomic E-state index is -2.34. The lowest BCUT2D eigenvalue weighted by molar-refractivity contribution is -0.121. The van der Waals surface area contributed by atoms with Gasteiger partial charge in [-0.15, -0.1) is 10.2 Å². The van der Waals surface area contributed by atoms with Crippen molar-refractivity contribution >= 4 is 22.6 Å². The summed E-state index contributed by atoms with van der Waals surface area (Å²) in [4.78, 5) is 18.5. The molecule has 0 unspecified atom stereocenters. The molecule has 4 rings (SSSR count). The van der Waals surface area contributed by atoms with E-state index in [0.29, 0.717) is 35.8 Å². The zero-order valence-electron chi connectivity index (χ0n) is 17.5. The molecule has 1 aliphatic rings. The second kappa shape index (κ2) is 9.05. The Morgan fingerprint density at radius 1 is 1.23 bits per heavy atom. The van der Waals surface area contributed by atoms with E-state index in [1.807, 2.05) is 18.2 Å². The van der Waals surface area contributed by atoms with Gasteiger partial charge in [-0.05, 0) is 57.0 Å². The molecule has 1 fully saturated rings. The first kappa shape index (κ1) is 21.3. The number of alkyl halides is 2. The number of benzene rings is 1. The summed E-state index contributed by atoms with van der Waals surface area (Å²) in [5.74, 6) is 1.38. The molecule has 3 aromatic rings. The van der Waals surface area contributed by atoms with Crippen LogP contribution in [0.4, 0.5) is 14.6 Å². The Kier molecular flexibility index (Phi) is 6.22. The van der Waals surface area contributed by atoms with E-state index < -0.39 is 6.43 Å². The van der Waals surface area contributed by atoms with Crippen molar-refractivity contribution < 1.29 is 18.0 Å². The van der Waals surface area contributed by atoms with Gasteiger partial charge in [0.25, 0.3) is 6.43 Å². The summed E-state index contributed by atoms with van der Waals surface area (Å²) in [5.41, 5.74) is 1.57. The molecule has 31 heavy (non-hydrogen) atoms. The molecule has 0 atom stereocenters. The first-order valence-corrected chi connectivity index (χ1v) is 10.4. The van der Waals surface area contributed by atoms with E-state index in [9.17, 15) is 13.6 Å². The van der Waals surface area contributed by atoms with Crippen LogP contribution >= 0.6 is 0 Å². The molecular weight excluding hydrogens is 404 g/mol. The third-order valence-electron chi connectivity index (χ3n) is 5.86. The highest BCUT2D eigenvalue weighted by atomic mass is 19.3. The summed E-state index contributed by atoms with van der Waals surface area (Å²) in [6, 6.07) is 7.53. The number of aromatic nitrogens is 3. The van der Waals surface area contributed by atoms with E-state index >= 15 is 0 Å². The van der Waals surface area contributed by atoms with Gasteiger partial charge >= 0.3 is 0 Å². The van der Waals surface area contributed by atoms with E-state index in [-0.39, 0.29) is 24.4 Å². The van der Waals surface area contributed by atoms with Gasteiger partial charge in [-0.2, -0.15) is 0 Å². The van der Waals surface area contributed by atoms with Crippen LogP contribution in [0.3, 0.4) is 0 Å². The minimum Gasteiger partial charge on any atom is -0.441 e. The second-order valence-electron chi connectivity index (χ2n) is 8.07. The summed E-state index contributed by atoms with van der Waals surface area (Å²) in [5, 5.41) is 12.0. The van der Waals surface area contributed by atoms with Gasteiger partial charge in [0.2, 0.25) is 5.91 Å². The standard InChI is InChI=1S/C22H25F2N5O2/c1-13-25-11-19(31-13)15-5-8-18-16(9-15)10-21(28-27-18)26-22(30)14-3-6-17(7-4-14)29(2)12-20(23)24/h5,8-11,14,17,20H,3-4,6-7,12H2,1-2H3,(H,26,28,30). The van der Waals surface area contributed by atoms with Crippen LogP contribution in [0.1, 0.15) is 31.6 Å². The van der Waals surface area contributed by atoms with Crippen LogP contribution in [0.2, 0.25) is 0 Å². The smallest absolute Gasteiger partial charge is 0.251 e. The van der Waals surface area contributed by atoms with Gasteiger partial charge in [0.1, 0.15) is 0 Å². The van der Waals surface area contributed by atoms with E-state index in [1.54, 1.807) is 31.1 Å². The van der Waals surface area contributed by atoms with Gasteiger partial charge in [0.05, 0.1) is 18.3 Å². The van der Waals surface area contributed by atoms with Crippen molar-refractivity contribution in [2.45, 2.75) is 45.1 Å². The molecule has 0 spiro atoms. The summed E-state index contributed by atoms with van der Waals surface area (Å²) >= 11 is 0. The van der Waals surface area contributed by atoms with Gasteiger partial charge in [-0.3, -0.25) is 9.69 Å². The molecule has 0 bridgehead atoms. The van der Waals surface area contributed by atoms with E-state index in [1.165, 1.54) is 0 Å². The average Bonchev–Trinajstić information content (AvgIpc) is 3.19. The lowest BCUT2D eigenvalue weighted by Crippen LogP contribution is -2.39. The minimum absolute atomic E-state index is 0.0941. The van der Waals surface area contributed by atoms with E-state index in [2.05, 4.69) is 20.5 Å². The number of anilines is 1. The number of rotatable bonds is 6. The van der Waals surface area contributed by atoms with Crippen molar-refractivity contribution in [1.82, 2.24) is 20.1 Å². The van der Waals surface area contributed by atoms with Crippen LogP contribution in [-0.2, 0) is 4.79 Å². The molecule has 9 heteroatoms. The second-order valence-corrected chi connectivity index (χ2v) is 8.07. The van der Waals surface area contributed by atoms with Crippen molar-refractivity contribution in [1.29, 1.82) is 0 Å². The number of aryl methyl sites for hydroxylation is 1. The number of oxazole rings is 1. The van der Waals surface area contributed by atoms with Crippen LogP contribution in [0.15, 0.2) is 34.9 Å². The third-order valence-corrected chi connectivity index (χ3v) is 5.86. The molecule has 1 aromatic carbocycles. The molecule has 2 aromatic heterocycles. The monoisotopic (exact) mass is 429 g/mol. The molecule has 1 N–H and O–H groups in total. The highest BCUT2D eigenvalue weighted by Gasteiger charge is 2.29. The van der Waals surface area contributed by atoms with Gasteiger partial charge in [0, 0.05) is 29.8 Å². The Bertz CT molecular complexity index is 1060. The summed E-state index contributed by atoms with van der Waals surface area (Å²) < 4.78 is 30.8. The number of halogens is 2. The topological polar surface area (TPSA) is 84.2 Å². The summed E-state index contributed by atoms with van der Waals surface area (Å²) in [6.45, 7) is 1.55. The van der Waals surface area contributed by atoms with Gasteiger partial charge < -0.3 is 9.73 Å². The number of carbonyl (C=O) groups excluding carboxylic acids is 1. The summed E-state index contributed by atoms with van der Waals surface area (Å²) in [6.07, 6.45) is 2.12. The zero-order valence-corrected chi connectivity index (χ0v) is 17.5. The molecule has 7 nitrogen and oxygen atoms in total. The Labute approximate surface area is 178 Å². The largest absolute Gasteiger partial charge is 0.441 e. The lowest BCUT2D eigenvalue weighted by Gasteiger charge is -2.33. The highest BCUT2D eigenvalue weighted by molar-refractivity contribution is 5.94. The molecular formula is C22H25F2N5O2. The van der Waals surface area contributed by atoms with Crippen LogP contribution in [-0.4, -0.2) is 52.0 Å². The maximum absolute atomic E-state index is 12.7. The van der Waals surface area contributed by atoms with Crippen molar-refractivity contribution in [2.24, 2.45) is 5.92 Å². The maximum atomic E-state index is 12.7. The SMILES string of the molecule is Cc1ncc(-c2ccc3nnc(NC(=O)C4CCC(N(C)CC(F)F)CC4)cc3c2)o1. The number of hydrogen-bond acceptors (Lipinski definition) is 6. The Morgan fingerprint density at radius 2 is 2.00 bits per heavy atom. The van der Waals surface area contributed by atoms with Crippen molar-refractivity contribution in [3.8, 4) is 11.3 Å². The number of nitrogens with one attached hydrogen (secondary N) is 1. The van der Waals surface area contributed by atoms with Crippen molar-refractivity contribution in [3.05, 3.63) is 36.4 Å². The quantitative estimate of drug-likeness (QED) is 0.629. The Morgan fingerprint density at radius 3 is 2.68 bits per heavy atom. The highest BCUT2D eigenvalue weighted by Crippen LogP contribution is 2.29. The van der Waals surface area contributed by atoms with E-state index in [0.717, 1.165) is 23.8 Å². The number of fused-ring (bicyclic) bond motifs is 1. The summed E-state index contributed by atoms with van der Waals surface area (Å²) in [7, 11) is 1.72. The normalized spacial score (nSPS) is 19.3. The van der Waals surface area contributed by atoms with Crippen LogP contribution in [0.5, 0.6) is 0 Å². The van der Waals surface area contributed by atoms with Crippen LogP contribution in [0, 0.1) is 12.8 Å². The Balaban J connectivity index is 1.41. The fourth-order valence-electron chi connectivity index (χ4n) is 4.13. The predicted molar refractivity (Wildman–Crippen MR) is 113 cm³/mol. The van der Waals surface area contributed by atoms with Gasteiger partial charge in [-0.25, -0.2) is 13.8 Å². The van der Waals surface area contributed by atoms with Crippen molar-refractivity contribution in [2.75, 3.05) is 18.9 Å². The first-order chi connectivity index (χ1) is 14.9. The molecule has 0 aliphatic heterocycles. The van der Waals surface area contributed by atoms with Crippen LogP contribution in [0.25, 0.3) is 22.2 Å². The Hall–Kier alpha value is -2.94. The maximum Gasteiger partial charge on any atom is 0.251 e. The number of amides is 1. The number of nitrogens with zero attached hydrogens (tertiary/aromatic N) is 4. The van der Waals surface area contributed by atoms with E-state index in [4.69, 9.17) is 4.42 Å². The van der Waals surface area contributed by atoms with Crippen LogP contribution < -0.4 is 5.32 Å². The molecule has 1 saturated carbocycles. The molecule has 164 valence electrons. The predicted octanol–water partition coefficient (Wildman–Crippen LogP) is 4.29. The lowest BCUT2D eigenvalue weighted by atomic mass is 9.85. The average molecular weight is 429 g/mol. The molecule has 1 amide bonds.